The van der Waals surface area contributed by atoms with Crippen molar-refractivity contribution in [1.29, 1.82) is 0 Å². The average molecular weight is 259 g/mol. The molecule has 1 atom stereocenters. The van der Waals surface area contributed by atoms with Crippen LogP contribution in [0.4, 0.5) is 8.78 Å². The molecule has 0 spiro atoms. The number of alkyl halides is 3. The number of hydrogen-bond acceptors (Lipinski definition) is 1. The number of aliphatic hydroxyl groups excluding tert-OH is 1. The van der Waals surface area contributed by atoms with Gasteiger partial charge in [-0.25, -0.2) is 0 Å². The molecular weight excluding hydrogens is 242 g/mol. The number of hydrogen-bond donors (Lipinski definition) is 1. The highest BCUT2D eigenvalue weighted by Crippen LogP contribution is 2.29. The molecule has 0 aromatic heterocycles. The minimum absolute atomic E-state index is 0.169. The van der Waals surface area contributed by atoms with Crippen LogP contribution in [-0.2, 0) is 0 Å². The second-order valence-electron chi connectivity index (χ2n) is 3.26. The van der Waals surface area contributed by atoms with Crippen molar-refractivity contribution < 1.29 is 13.9 Å². The molecule has 0 bridgehead atoms. The van der Waals surface area contributed by atoms with Gasteiger partial charge in [-0.15, -0.1) is 0 Å². The first-order valence-corrected chi connectivity index (χ1v) is 5.52. The lowest BCUT2D eigenvalue weighted by Gasteiger charge is -2.15. The molecule has 1 nitrogen and oxygen atoms in total. The van der Waals surface area contributed by atoms with Crippen molar-refractivity contribution in [3.05, 3.63) is 0 Å². The van der Waals surface area contributed by atoms with Gasteiger partial charge in [-0.3, -0.25) is 0 Å². The lowest BCUT2D eigenvalue weighted by molar-refractivity contribution is -0.0327. The first kappa shape index (κ1) is 13.3. The van der Waals surface area contributed by atoms with Crippen molar-refractivity contribution in [2.75, 3.05) is 0 Å². The van der Waals surface area contributed by atoms with Crippen LogP contribution in [0.5, 0.6) is 0 Å². The molecule has 80 valence electrons. The second-order valence-corrected chi connectivity index (χ2v) is 4.32. The Labute approximate surface area is 86.7 Å². The van der Waals surface area contributed by atoms with Crippen molar-refractivity contribution >= 4 is 15.9 Å². The molecule has 0 aromatic carbocycles. The van der Waals surface area contributed by atoms with E-state index in [2.05, 4.69) is 22.9 Å². The summed E-state index contributed by atoms with van der Waals surface area (Å²) >= 11 is 2.14. The normalized spacial score (nSPS) is 14.5. The van der Waals surface area contributed by atoms with Crippen LogP contribution < -0.4 is 0 Å². The molecule has 1 unspecified atom stereocenters. The topological polar surface area (TPSA) is 20.2 Å². The van der Waals surface area contributed by atoms with Crippen LogP contribution in [0.15, 0.2) is 0 Å². The van der Waals surface area contributed by atoms with Gasteiger partial charge >= 0.3 is 4.83 Å². The summed E-state index contributed by atoms with van der Waals surface area (Å²) in [6, 6.07) is 0. The van der Waals surface area contributed by atoms with Gasteiger partial charge in [0, 0.05) is 0 Å². The molecule has 0 saturated heterocycles. The van der Waals surface area contributed by atoms with Gasteiger partial charge in [0.25, 0.3) is 0 Å². The molecule has 1 N–H and O–H groups in total. The summed E-state index contributed by atoms with van der Waals surface area (Å²) in [4.78, 5) is -3.13. The molecule has 0 amide bonds. The smallest absolute Gasteiger partial charge is 0.326 e. The third-order valence-corrected chi connectivity index (χ3v) is 2.49. The Hall–Kier alpha value is 0.300. The van der Waals surface area contributed by atoms with Crippen LogP contribution in [0.25, 0.3) is 0 Å². The molecule has 0 aromatic rings. The van der Waals surface area contributed by atoms with E-state index < -0.39 is 10.9 Å². The summed E-state index contributed by atoms with van der Waals surface area (Å²) in [5, 5.41) is 8.95. The maximum absolute atomic E-state index is 12.4. The second kappa shape index (κ2) is 6.71. The number of aliphatic hydroxyl groups is 1. The molecule has 0 radical (unpaired) electrons. The summed E-state index contributed by atoms with van der Waals surface area (Å²) < 4.78 is 24.7. The van der Waals surface area contributed by atoms with Gasteiger partial charge in [-0.1, -0.05) is 39.0 Å². The van der Waals surface area contributed by atoms with Crippen molar-refractivity contribution in [2.45, 2.75) is 56.4 Å². The quantitative estimate of drug-likeness (QED) is 0.546. The van der Waals surface area contributed by atoms with Gasteiger partial charge in [-0.05, 0) is 22.4 Å². The van der Waals surface area contributed by atoms with Crippen molar-refractivity contribution in [3.8, 4) is 0 Å². The van der Waals surface area contributed by atoms with E-state index in [0.29, 0.717) is 6.42 Å². The molecule has 13 heavy (non-hydrogen) atoms. The molecule has 0 rings (SSSR count). The fraction of sp³-hybridized carbons (Fsp3) is 1.00. The molecule has 0 aliphatic rings. The highest BCUT2D eigenvalue weighted by molar-refractivity contribution is 9.10. The minimum Gasteiger partial charge on any atom is -0.386 e. The predicted octanol–water partition coefficient (Wildman–Crippen LogP) is 3.70. The monoisotopic (exact) mass is 258 g/mol. The molecule has 0 aliphatic carbocycles. The van der Waals surface area contributed by atoms with Crippen LogP contribution in [0.2, 0.25) is 0 Å². The van der Waals surface area contributed by atoms with E-state index in [4.69, 9.17) is 5.11 Å². The van der Waals surface area contributed by atoms with Crippen LogP contribution in [0, 0.1) is 0 Å². The molecule has 0 heterocycles. The van der Waals surface area contributed by atoms with E-state index >= 15 is 0 Å². The van der Waals surface area contributed by atoms with E-state index in [0.717, 1.165) is 25.7 Å². The van der Waals surface area contributed by atoms with E-state index in [1.807, 2.05) is 0 Å². The van der Waals surface area contributed by atoms with E-state index in [-0.39, 0.29) is 6.42 Å². The highest BCUT2D eigenvalue weighted by Gasteiger charge is 2.33. The Morgan fingerprint density at radius 1 is 1.23 bits per heavy atom. The third kappa shape index (κ3) is 7.38. The molecule has 0 fully saturated rings. The standard InChI is InChI=1S/C9H17BrF2O/c1-2-3-4-5-6-7-8(13)9(10,11)12/h8,13H,2-7H2,1H3. The zero-order valence-electron chi connectivity index (χ0n) is 7.90. The van der Waals surface area contributed by atoms with Crippen molar-refractivity contribution in [1.82, 2.24) is 0 Å². The number of rotatable bonds is 7. The summed E-state index contributed by atoms with van der Waals surface area (Å²) in [5.41, 5.74) is 0. The maximum Gasteiger partial charge on any atom is 0.326 e. The highest BCUT2D eigenvalue weighted by atomic mass is 79.9. The maximum atomic E-state index is 12.4. The van der Waals surface area contributed by atoms with Gasteiger partial charge in [0.15, 0.2) is 0 Å². The Morgan fingerprint density at radius 2 is 1.77 bits per heavy atom. The van der Waals surface area contributed by atoms with E-state index in [1.165, 1.54) is 0 Å². The average Bonchev–Trinajstić information content (AvgIpc) is 2.02. The summed E-state index contributed by atoms with van der Waals surface area (Å²) in [7, 11) is 0. The molecule has 0 saturated carbocycles. The van der Waals surface area contributed by atoms with Crippen LogP contribution in [-0.4, -0.2) is 16.0 Å². The summed E-state index contributed by atoms with van der Waals surface area (Å²) in [5.74, 6) is 0. The third-order valence-electron chi connectivity index (χ3n) is 1.96. The summed E-state index contributed by atoms with van der Waals surface area (Å²) in [6.07, 6.45) is 3.56. The Balaban J connectivity index is 3.32. The fourth-order valence-corrected chi connectivity index (χ4v) is 1.33. The van der Waals surface area contributed by atoms with Crippen LogP contribution in [0.3, 0.4) is 0 Å². The van der Waals surface area contributed by atoms with Gasteiger partial charge in [0.05, 0.1) is 0 Å². The zero-order chi connectivity index (χ0) is 10.3. The first-order chi connectivity index (χ1) is 5.98. The Kier molecular flexibility index (Phi) is 6.86. The van der Waals surface area contributed by atoms with Gasteiger partial charge in [-0.2, -0.15) is 8.78 Å². The van der Waals surface area contributed by atoms with Crippen molar-refractivity contribution in [3.63, 3.8) is 0 Å². The van der Waals surface area contributed by atoms with Crippen LogP contribution in [0.1, 0.15) is 45.4 Å². The molecule has 4 heteroatoms. The first-order valence-electron chi connectivity index (χ1n) is 4.73. The van der Waals surface area contributed by atoms with Gasteiger partial charge in [0.1, 0.15) is 6.10 Å². The molecular formula is C9H17BrF2O. The van der Waals surface area contributed by atoms with Crippen molar-refractivity contribution in [2.24, 2.45) is 0 Å². The number of halogens is 3. The van der Waals surface area contributed by atoms with Gasteiger partial charge in [0.2, 0.25) is 0 Å². The molecule has 0 aliphatic heterocycles. The Bertz CT molecular complexity index is 125. The largest absolute Gasteiger partial charge is 0.386 e. The Morgan fingerprint density at radius 3 is 2.23 bits per heavy atom. The van der Waals surface area contributed by atoms with Gasteiger partial charge < -0.3 is 5.11 Å². The minimum atomic E-state index is -3.13. The SMILES string of the molecule is CCCCCCCC(O)C(F)(F)Br. The lowest BCUT2D eigenvalue weighted by Crippen LogP contribution is -2.26. The lowest BCUT2D eigenvalue weighted by atomic mass is 10.1. The zero-order valence-corrected chi connectivity index (χ0v) is 9.49. The van der Waals surface area contributed by atoms with E-state index in [1.54, 1.807) is 0 Å². The van der Waals surface area contributed by atoms with Crippen LogP contribution >= 0.6 is 15.9 Å². The number of unbranched alkanes of at least 4 members (excludes halogenated alkanes) is 4. The summed E-state index contributed by atoms with van der Waals surface area (Å²) in [6.45, 7) is 2.10. The van der Waals surface area contributed by atoms with E-state index in [9.17, 15) is 8.78 Å². The fourth-order valence-electron chi connectivity index (χ4n) is 1.10. The predicted molar refractivity (Wildman–Crippen MR) is 53.3 cm³/mol.